The second-order valence-electron chi connectivity index (χ2n) is 9.03. The number of hydrogen-bond acceptors (Lipinski definition) is 3. The van der Waals surface area contributed by atoms with Crippen LogP contribution in [-0.2, 0) is 22.5 Å². The van der Waals surface area contributed by atoms with Crippen molar-refractivity contribution in [2.75, 3.05) is 18.1 Å². The van der Waals surface area contributed by atoms with E-state index in [0.717, 1.165) is 47.4 Å². The number of amides is 2. The fourth-order valence-corrected chi connectivity index (χ4v) is 4.20. The van der Waals surface area contributed by atoms with E-state index in [9.17, 15) is 9.59 Å². The Hall–Kier alpha value is -3.44. The van der Waals surface area contributed by atoms with E-state index < -0.39 is 0 Å². The minimum Gasteiger partial charge on any atom is -0.376 e. The molecule has 1 atom stereocenters. The zero-order valence-electron chi connectivity index (χ0n) is 19.9. The highest BCUT2D eigenvalue weighted by Gasteiger charge is 2.19. The summed E-state index contributed by atoms with van der Waals surface area (Å²) in [5.74, 6) is -0.0702. The van der Waals surface area contributed by atoms with E-state index in [1.54, 1.807) is 4.90 Å². The number of benzene rings is 3. The van der Waals surface area contributed by atoms with Crippen molar-refractivity contribution in [3.63, 3.8) is 0 Å². The Morgan fingerprint density at radius 3 is 2.38 bits per heavy atom. The van der Waals surface area contributed by atoms with E-state index >= 15 is 0 Å². The van der Waals surface area contributed by atoms with Crippen molar-refractivity contribution in [3.05, 3.63) is 101 Å². The van der Waals surface area contributed by atoms with Crippen LogP contribution in [0.15, 0.2) is 72.8 Å². The lowest BCUT2D eigenvalue weighted by Crippen LogP contribution is -2.32. The standard InChI is InChI=1S/C29H32N2O3/c1-21-8-12-25(13-9-21)29(33)31(20-24-6-3-5-22(2)17-24)26-14-10-23(11-15-26)18-28(32)30-19-27-7-4-16-34-27/h3,5-6,8-15,17,27H,4,7,16,18-20H2,1-2H3,(H,30,32)/t27-/m1/s1. The summed E-state index contributed by atoms with van der Waals surface area (Å²) in [6.45, 7) is 5.87. The number of rotatable bonds is 8. The van der Waals surface area contributed by atoms with Gasteiger partial charge >= 0.3 is 0 Å². The summed E-state index contributed by atoms with van der Waals surface area (Å²) in [7, 11) is 0. The monoisotopic (exact) mass is 456 g/mol. The maximum Gasteiger partial charge on any atom is 0.258 e. The van der Waals surface area contributed by atoms with Crippen molar-refractivity contribution < 1.29 is 14.3 Å². The van der Waals surface area contributed by atoms with Crippen molar-refractivity contribution in [1.29, 1.82) is 0 Å². The first-order chi connectivity index (χ1) is 16.5. The molecule has 0 aliphatic carbocycles. The molecule has 5 heteroatoms. The number of carbonyl (C=O) groups is 2. The fourth-order valence-electron chi connectivity index (χ4n) is 4.20. The highest BCUT2D eigenvalue weighted by Crippen LogP contribution is 2.22. The van der Waals surface area contributed by atoms with Crippen molar-refractivity contribution >= 4 is 17.5 Å². The van der Waals surface area contributed by atoms with Crippen LogP contribution in [0, 0.1) is 13.8 Å². The van der Waals surface area contributed by atoms with Crippen molar-refractivity contribution in [2.24, 2.45) is 0 Å². The van der Waals surface area contributed by atoms with Crippen LogP contribution in [0.1, 0.15) is 45.5 Å². The molecule has 0 spiro atoms. The van der Waals surface area contributed by atoms with Crippen LogP contribution in [0.5, 0.6) is 0 Å². The van der Waals surface area contributed by atoms with Crippen molar-refractivity contribution in [2.45, 2.75) is 45.8 Å². The van der Waals surface area contributed by atoms with Crippen LogP contribution in [-0.4, -0.2) is 31.1 Å². The number of aryl methyl sites for hydroxylation is 2. The Kier molecular flexibility index (Phi) is 7.76. The lowest BCUT2D eigenvalue weighted by atomic mass is 10.1. The van der Waals surface area contributed by atoms with E-state index in [4.69, 9.17) is 4.74 Å². The first-order valence-electron chi connectivity index (χ1n) is 11.9. The van der Waals surface area contributed by atoms with E-state index in [-0.39, 0.29) is 17.9 Å². The van der Waals surface area contributed by atoms with E-state index in [0.29, 0.717) is 25.1 Å². The molecule has 5 nitrogen and oxygen atoms in total. The number of hydrogen-bond donors (Lipinski definition) is 1. The van der Waals surface area contributed by atoms with Gasteiger partial charge in [-0.05, 0) is 62.1 Å². The maximum absolute atomic E-state index is 13.5. The molecule has 3 aromatic carbocycles. The van der Waals surface area contributed by atoms with Crippen LogP contribution in [0.2, 0.25) is 0 Å². The van der Waals surface area contributed by atoms with E-state index in [2.05, 4.69) is 11.4 Å². The van der Waals surface area contributed by atoms with Gasteiger partial charge in [-0.25, -0.2) is 0 Å². The molecule has 3 aromatic rings. The zero-order valence-corrected chi connectivity index (χ0v) is 19.9. The van der Waals surface area contributed by atoms with E-state index in [1.165, 1.54) is 0 Å². The molecule has 1 heterocycles. The van der Waals surface area contributed by atoms with Crippen LogP contribution < -0.4 is 10.2 Å². The highest BCUT2D eigenvalue weighted by atomic mass is 16.5. The van der Waals surface area contributed by atoms with E-state index in [1.807, 2.05) is 80.6 Å². The molecule has 0 unspecified atom stereocenters. The lowest BCUT2D eigenvalue weighted by molar-refractivity contribution is -0.120. The van der Waals surface area contributed by atoms with Crippen LogP contribution >= 0.6 is 0 Å². The minimum absolute atomic E-state index is 0.0180. The summed E-state index contributed by atoms with van der Waals surface area (Å²) in [5.41, 5.74) is 5.70. The van der Waals surface area contributed by atoms with Gasteiger partial charge in [-0.1, -0.05) is 59.7 Å². The molecule has 1 fully saturated rings. The predicted molar refractivity (Wildman–Crippen MR) is 135 cm³/mol. The van der Waals surface area contributed by atoms with Gasteiger partial charge in [-0.15, -0.1) is 0 Å². The van der Waals surface area contributed by atoms with Gasteiger partial charge < -0.3 is 15.0 Å². The molecule has 0 radical (unpaired) electrons. The molecule has 0 aromatic heterocycles. The molecule has 4 rings (SSSR count). The Morgan fingerprint density at radius 2 is 1.71 bits per heavy atom. The zero-order chi connectivity index (χ0) is 23.9. The first-order valence-corrected chi connectivity index (χ1v) is 11.9. The summed E-state index contributed by atoms with van der Waals surface area (Å²) in [6.07, 6.45) is 2.49. The van der Waals surface area contributed by atoms with Gasteiger partial charge in [-0.2, -0.15) is 0 Å². The number of carbonyl (C=O) groups excluding carboxylic acids is 2. The summed E-state index contributed by atoms with van der Waals surface area (Å²) in [5, 5.41) is 2.96. The third-order valence-electron chi connectivity index (χ3n) is 6.13. The van der Waals surface area contributed by atoms with Gasteiger partial charge in [-0.3, -0.25) is 9.59 Å². The molecule has 1 saturated heterocycles. The van der Waals surface area contributed by atoms with Gasteiger partial charge in [0.1, 0.15) is 0 Å². The SMILES string of the molecule is Cc1ccc(C(=O)N(Cc2cccc(C)c2)c2ccc(CC(=O)NC[C@H]3CCCO3)cc2)cc1. The van der Waals surface area contributed by atoms with Gasteiger partial charge in [0.05, 0.1) is 19.1 Å². The number of anilines is 1. The highest BCUT2D eigenvalue weighted by molar-refractivity contribution is 6.06. The second kappa shape index (κ2) is 11.1. The van der Waals surface area contributed by atoms with Crippen LogP contribution in [0.4, 0.5) is 5.69 Å². The van der Waals surface area contributed by atoms with Gasteiger partial charge in [0.2, 0.25) is 5.91 Å². The molecule has 0 saturated carbocycles. The summed E-state index contributed by atoms with van der Waals surface area (Å²) < 4.78 is 5.56. The normalized spacial score (nSPS) is 15.2. The third-order valence-corrected chi connectivity index (χ3v) is 6.13. The van der Waals surface area contributed by atoms with Gasteiger partial charge in [0.15, 0.2) is 0 Å². The predicted octanol–water partition coefficient (Wildman–Crippen LogP) is 4.99. The second-order valence-corrected chi connectivity index (χ2v) is 9.03. The molecular weight excluding hydrogens is 424 g/mol. The number of nitrogens with one attached hydrogen (secondary N) is 1. The van der Waals surface area contributed by atoms with Crippen molar-refractivity contribution in [1.82, 2.24) is 5.32 Å². The molecular formula is C29H32N2O3. The van der Waals surface area contributed by atoms with Gasteiger partial charge in [0.25, 0.3) is 5.91 Å². The Balaban J connectivity index is 1.49. The quantitative estimate of drug-likeness (QED) is 0.520. The molecule has 1 aliphatic heterocycles. The summed E-state index contributed by atoms with van der Waals surface area (Å²) in [4.78, 5) is 27.6. The minimum atomic E-state index is -0.0523. The first kappa shape index (κ1) is 23.7. The Morgan fingerprint density at radius 1 is 0.941 bits per heavy atom. The molecule has 1 N–H and O–H groups in total. The third kappa shape index (κ3) is 6.33. The smallest absolute Gasteiger partial charge is 0.258 e. The van der Waals surface area contributed by atoms with Crippen molar-refractivity contribution in [3.8, 4) is 0 Å². The average molecular weight is 457 g/mol. The van der Waals surface area contributed by atoms with Crippen LogP contribution in [0.3, 0.4) is 0 Å². The Bertz CT molecular complexity index is 1120. The molecule has 2 amide bonds. The summed E-state index contributed by atoms with van der Waals surface area (Å²) in [6, 6.07) is 23.5. The average Bonchev–Trinajstić information content (AvgIpc) is 3.36. The number of nitrogens with zero attached hydrogens (tertiary/aromatic N) is 1. The largest absolute Gasteiger partial charge is 0.376 e. The Labute approximate surface area is 201 Å². The topological polar surface area (TPSA) is 58.6 Å². The molecule has 0 bridgehead atoms. The fraction of sp³-hybridized carbons (Fsp3) is 0.310. The molecule has 176 valence electrons. The van der Waals surface area contributed by atoms with Crippen LogP contribution in [0.25, 0.3) is 0 Å². The molecule has 34 heavy (non-hydrogen) atoms. The molecule has 1 aliphatic rings. The lowest BCUT2D eigenvalue weighted by Gasteiger charge is -2.24. The number of ether oxygens (including phenoxy) is 1. The van der Waals surface area contributed by atoms with Gasteiger partial charge in [0, 0.05) is 24.4 Å². The maximum atomic E-state index is 13.5. The summed E-state index contributed by atoms with van der Waals surface area (Å²) >= 11 is 0.